The summed E-state index contributed by atoms with van der Waals surface area (Å²) in [7, 11) is 0. The third-order valence-electron chi connectivity index (χ3n) is 3.76. The van der Waals surface area contributed by atoms with Crippen LogP contribution < -0.4 is 5.32 Å². The van der Waals surface area contributed by atoms with Crippen LogP contribution in [-0.2, 0) is 14.3 Å². The standard InChI is InChI=1S/C12H21NO8/c1-4(5(2)11(18)19)10(17)13-7-9(16)8(15)6(3-14)21-12(7)20/h4-9,12,14-16,20H,3H2,1-2H3,(H,13,17)(H,18,19). The fourth-order valence-electron chi connectivity index (χ4n) is 1.99. The number of carboxylic acid groups (broad SMARTS) is 1. The molecule has 9 heteroatoms. The summed E-state index contributed by atoms with van der Waals surface area (Å²) in [6.07, 6.45) is -5.84. The number of hydrogen-bond acceptors (Lipinski definition) is 7. The summed E-state index contributed by atoms with van der Waals surface area (Å²) in [5.74, 6) is -3.72. The van der Waals surface area contributed by atoms with Gasteiger partial charge in [0.1, 0.15) is 24.4 Å². The Bertz CT molecular complexity index is 389. The van der Waals surface area contributed by atoms with Gasteiger partial charge in [0.2, 0.25) is 5.91 Å². The van der Waals surface area contributed by atoms with E-state index >= 15 is 0 Å². The molecule has 7 unspecified atom stereocenters. The van der Waals surface area contributed by atoms with Crippen molar-refractivity contribution in [2.75, 3.05) is 6.61 Å². The number of carbonyl (C=O) groups is 2. The lowest BCUT2D eigenvalue weighted by Crippen LogP contribution is -2.64. The molecule has 0 aromatic rings. The Hall–Kier alpha value is -1.26. The second-order valence-corrected chi connectivity index (χ2v) is 5.18. The molecule has 6 N–H and O–H groups in total. The van der Waals surface area contributed by atoms with Crippen molar-refractivity contribution < 1.29 is 39.9 Å². The van der Waals surface area contributed by atoms with Crippen LogP contribution in [0.15, 0.2) is 0 Å². The first-order chi connectivity index (χ1) is 9.70. The number of aliphatic carboxylic acids is 1. The fraction of sp³-hybridized carbons (Fsp3) is 0.833. The monoisotopic (exact) mass is 307 g/mol. The molecule has 1 amide bonds. The second kappa shape index (κ2) is 7.14. The van der Waals surface area contributed by atoms with Gasteiger partial charge in [0, 0.05) is 5.92 Å². The number of amides is 1. The van der Waals surface area contributed by atoms with Gasteiger partial charge in [0.15, 0.2) is 6.29 Å². The minimum absolute atomic E-state index is 0.609. The van der Waals surface area contributed by atoms with Crippen LogP contribution in [-0.4, -0.2) is 74.7 Å². The molecular weight excluding hydrogens is 286 g/mol. The first-order valence-electron chi connectivity index (χ1n) is 6.54. The number of hydrogen-bond donors (Lipinski definition) is 6. The fourth-order valence-corrected chi connectivity index (χ4v) is 1.99. The average Bonchev–Trinajstić information content (AvgIpc) is 2.45. The molecule has 9 nitrogen and oxygen atoms in total. The van der Waals surface area contributed by atoms with Crippen molar-refractivity contribution in [1.82, 2.24) is 5.32 Å². The highest BCUT2D eigenvalue weighted by molar-refractivity contribution is 5.84. The predicted octanol–water partition coefficient (Wildman–Crippen LogP) is -2.74. The van der Waals surface area contributed by atoms with Crippen molar-refractivity contribution in [1.29, 1.82) is 0 Å². The highest BCUT2D eigenvalue weighted by atomic mass is 16.6. The van der Waals surface area contributed by atoms with Gasteiger partial charge in [-0.05, 0) is 0 Å². The third-order valence-corrected chi connectivity index (χ3v) is 3.76. The minimum atomic E-state index is -1.63. The normalized spacial score (nSPS) is 35.8. The highest BCUT2D eigenvalue weighted by Gasteiger charge is 2.44. The quantitative estimate of drug-likeness (QED) is 0.319. The molecule has 1 rings (SSSR count). The maximum Gasteiger partial charge on any atom is 0.307 e. The lowest BCUT2D eigenvalue weighted by atomic mass is 9.93. The summed E-state index contributed by atoms with van der Waals surface area (Å²) in [5.41, 5.74) is 0. The Morgan fingerprint density at radius 1 is 1.14 bits per heavy atom. The molecule has 1 heterocycles. The average molecular weight is 307 g/mol. The van der Waals surface area contributed by atoms with Gasteiger partial charge in [-0.15, -0.1) is 0 Å². The number of ether oxygens (including phenoxy) is 1. The van der Waals surface area contributed by atoms with Crippen molar-refractivity contribution in [2.45, 2.75) is 44.5 Å². The molecule has 0 aliphatic carbocycles. The molecule has 122 valence electrons. The molecule has 0 aromatic carbocycles. The minimum Gasteiger partial charge on any atom is -0.481 e. The zero-order valence-electron chi connectivity index (χ0n) is 11.7. The second-order valence-electron chi connectivity index (χ2n) is 5.18. The van der Waals surface area contributed by atoms with Gasteiger partial charge in [-0.1, -0.05) is 13.8 Å². The van der Waals surface area contributed by atoms with Crippen LogP contribution in [0, 0.1) is 11.8 Å². The zero-order chi connectivity index (χ0) is 16.3. The lowest BCUT2D eigenvalue weighted by Gasteiger charge is -2.40. The van der Waals surface area contributed by atoms with Crippen LogP contribution in [0.25, 0.3) is 0 Å². The number of carbonyl (C=O) groups excluding carboxylic acids is 1. The third kappa shape index (κ3) is 3.89. The molecule has 21 heavy (non-hydrogen) atoms. The van der Waals surface area contributed by atoms with Crippen molar-refractivity contribution in [3.05, 3.63) is 0 Å². The Balaban J connectivity index is 2.73. The molecule has 0 bridgehead atoms. The topological polar surface area (TPSA) is 157 Å². The van der Waals surface area contributed by atoms with Crippen molar-refractivity contribution in [2.24, 2.45) is 11.8 Å². The summed E-state index contributed by atoms with van der Waals surface area (Å²) in [6, 6.07) is -1.32. The maximum absolute atomic E-state index is 11.9. The van der Waals surface area contributed by atoms with E-state index in [0.717, 1.165) is 0 Å². The van der Waals surface area contributed by atoms with Gasteiger partial charge in [0.25, 0.3) is 0 Å². The Kier molecular flexibility index (Phi) is 6.05. The van der Waals surface area contributed by atoms with Crippen LogP contribution in [0.5, 0.6) is 0 Å². The van der Waals surface area contributed by atoms with E-state index in [-0.39, 0.29) is 0 Å². The summed E-state index contributed by atoms with van der Waals surface area (Å²) in [4.78, 5) is 22.8. The van der Waals surface area contributed by atoms with E-state index in [1.807, 2.05) is 0 Å². The molecule has 0 radical (unpaired) electrons. The number of aliphatic hydroxyl groups is 4. The van der Waals surface area contributed by atoms with E-state index in [4.69, 9.17) is 14.9 Å². The number of aliphatic hydroxyl groups excluding tert-OH is 4. The first-order valence-corrected chi connectivity index (χ1v) is 6.54. The number of rotatable bonds is 5. The largest absolute Gasteiger partial charge is 0.481 e. The smallest absolute Gasteiger partial charge is 0.307 e. The molecule has 0 saturated carbocycles. The predicted molar refractivity (Wildman–Crippen MR) is 67.9 cm³/mol. The van der Waals surface area contributed by atoms with Gasteiger partial charge in [-0.3, -0.25) is 9.59 Å². The summed E-state index contributed by atoms with van der Waals surface area (Å²) in [6.45, 7) is 2.14. The van der Waals surface area contributed by atoms with Gasteiger partial charge >= 0.3 is 5.97 Å². The Morgan fingerprint density at radius 2 is 1.71 bits per heavy atom. The van der Waals surface area contributed by atoms with Gasteiger partial charge in [-0.2, -0.15) is 0 Å². The molecule has 1 aliphatic heterocycles. The van der Waals surface area contributed by atoms with Crippen LogP contribution >= 0.6 is 0 Å². The van der Waals surface area contributed by atoms with E-state index in [1.165, 1.54) is 13.8 Å². The van der Waals surface area contributed by atoms with Crippen LogP contribution in [0.2, 0.25) is 0 Å². The highest BCUT2D eigenvalue weighted by Crippen LogP contribution is 2.21. The molecule has 1 aliphatic rings. The molecular formula is C12H21NO8. The molecule has 7 atom stereocenters. The Labute approximate surface area is 121 Å². The zero-order valence-corrected chi connectivity index (χ0v) is 11.7. The summed E-state index contributed by atoms with van der Waals surface area (Å²) in [5, 5.41) is 49.3. The van der Waals surface area contributed by atoms with E-state index in [2.05, 4.69) is 5.32 Å². The summed E-state index contributed by atoms with van der Waals surface area (Å²) < 4.78 is 4.88. The first kappa shape index (κ1) is 17.8. The van der Waals surface area contributed by atoms with Crippen LogP contribution in [0.4, 0.5) is 0 Å². The molecule has 1 fully saturated rings. The van der Waals surface area contributed by atoms with Crippen molar-refractivity contribution in [3.8, 4) is 0 Å². The van der Waals surface area contributed by atoms with Gasteiger partial charge in [-0.25, -0.2) is 0 Å². The number of carboxylic acids is 1. The van der Waals surface area contributed by atoms with Crippen molar-refractivity contribution in [3.63, 3.8) is 0 Å². The molecule has 0 aromatic heterocycles. The van der Waals surface area contributed by atoms with Crippen molar-refractivity contribution >= 4 is 11.9 Å². The van der Waals surface area contributed by atoms with E-state index < -0.39 is 61.0 Å². The summed E-state index contributed by atoms with van der Waals surface area (Å²) >= 11 is 0. The van der Waals surface area contributed by atoms with E-state index in [1.54, 1.807) is 0 Å². The Morgan fingerprint density at radius 3 is 2.19 bits per heavy atom. The van der Waals surface area contributed by atoms with Gasteiger partial charge < -0.3 is 35.6 Å². The SMILES string of the molecule is CC(C(=O)O)C(C)C(=O)NC1C(O)OC(CO)C(O)C1O. The number of nitrogens with one attached hydrogen (secondary N) is 1. The van der Waals surface area contributed by atoms with Crippen LogP contribution in [0.1, 0.15) is 13.8 Å². The van der Waals surface area contributed by atoms with Crippen LogP contribution in [0.3, 0.4) is 0 Å². The lowest BCUT2D eigenvalue weighted by molar-refractivity contribution is -0.254. The molecule has 0 spiro atoms. The van der Waals surface area contributed by atoms with Gasteiger partial charge in [0.05, 0.1) is 12.5 Å². The molecule has 1 saturated heterocycles. The van der Waals surface area contributed by atoms with E-state index in [0.29, 0.717) is 0 Å². The van der Waals surface area contributed by atoms with E-state index in [9.17, 15) is 24.9 Å². The maximum atomic E-state index is 11.9.